The van der Waals surface area contributed by atoms with Crippen molar-refractivity contribution in [3.05, 3.63) is 127 Å². The lowest BCUT2D eigenvalue weighted by Gasteiger charge is -2.40. The second-order valence-electron chi connectivity index (χ2n) is 17.0. The van der Waals surface area contributed by atoms with E-state index in [0.717, 1.165) is 61.0 Å². The van der Waals surface area contributed by atoms with Crippen LogP contribution in [0.3, 0.4) is 0 Å². The summed E-state index contributed by atoms with van der Waals surface area (Å²) in [6.07, 6.45) is 6.78. The summed E-state index contributed by atoms with van der Waals surface area (Å²) < 4.78 is 6.44. The number of amides is 2. The quantitative estimate of drug-likeness (QED) is 0.127. The van der Waals surface area contributed by atoms with Gasteiger partial charge in [-0.05, 0) is 112 Å². The van der Waals surface area contributed by atoms with E-state index in [-0.39, 0.29) is 18.2 Å². The Morgan fingerprint density at radius 1 is 0.652 bits per heavy atom. The SMILES string of the molecule is CN(Cc1ccc(NC(=O)c2ccc(Cl)c(Cl)c2)cc1)C1CCOCC1.C[N+](C)(Cc1ccc(NC(=O)c2ccc(Cl)c(Cl)c2)cc1)C1CCCCC1.[B]B([B])B([B])[B].[B][B]B([B])B([B])[B]. The largest absolute Gasteiger partial charge is 0.381 e. The molecule has 2 fully saturated rings. The maximum Gasteiger partial charge on any atom is 0.255 e. The van der Waals surface area contributed by atoms with Crippen molar-refractivity contribution in [1.29, 1.82) is 0 Å². The third-order valence-corrected chi connectivity index (χ3v) is 12.8. The van der Waals surface area contributed by atoms with Gasteiger partial charge in [0.1, 0.15) is 6.54 Å². The molecule has 0 aromatic heterocycles. The fourth-order valence-corrected chi connectivity index (χ4v) is 7.72. The molecule has 0 spiro atoms. The molecule has 4 aromatic carbocycles. The van der Waals surface area contributed by atoms with Crippen molar-refractivity contribution in [1.82, 2.24) is 4.90 Å². The number of carbonyl (C=O) groups is 2. The monoisotopic (exact) mass is 940 g/mol. The molecule has 321 valence electrons. The molecular formula is C42H49B13Cl4N4O3+. The first-order chi connectivity index (χ1) is 31.2. The molecule has 1 saturated heterocycles. The van der Waals surface area contributed by atoms with Gasteiger partial charge in [-0.25, -0.2) is 0 Å². The van der Waals surface area contributed by atoms with E-state index < -0.39 is 19.2 Å². The van der Waals surface area contributed by atoms with E-state index in [2.05, 4.69) is 48.8 Å². The molecule has 2 N–H and O–H groups in total. The number of hydrogen-bond acceptors (Lipinski definition) is 4. The first-order valence-electron chi connectivity index (χ1n) is 21.9. The summed E-state index contributed by atoms with van der Waals surface area (Å²) in [5, 5.41) is 7.41. The van der Waals surface area contributed by atoms with Crippen LogP contribution < -0.4 is 10.6 Å². The van der Waals surface area contributed by atoms with Crippen molar-refractivity contribution in [3.63, 3.8) is 0 Å². The Balaban J connectivity index is 0.000000277. The van der Waals surface area contributed by atoms with Crippen LogP contribution in [0.25, 0.3) is 0 Å². The zero-order valence-electron chi connectivity index (χ0n) is 38.2. The molecule has 6 rings (SSSR count). The van der Waals surface area contributed by atoms with Gasteiger partial charge >= 0.3 is 0 Å². The van der Waals surface area contributed by atoms with Gasteiger partial charge in [-0.15, -0.1) is 0 Å². The summed E-state index contributed by atoms with van der Waals surface area (Å²) in [4.78, 5) is 27.1. The number of ether oxygens (including phenoxy) is 1. The summed E-state index contributed by atoms with van der Waals surface area (Å²) >= 11 is 23.8. The maximum atomic E-state index is 12.4. The Labute approximate surface area is 427 Å². The Kier molecular flexibility index (Phi) is 26.1. The molecule has 1 aliphatic carbocycles. The molecule has 0 atom stereocenters. The molecule has 1 aliphatic heterocycles. The minimum atomic E-state index is -0.593. The van der Waals surface area contributed by atoms with Crippen LogP contribution in [-0.4, -0.2) is 162 Å². The smallest absolute Gasteiger partial charge is 0.255 e. The van der Waals surface area contributed by atoms with Gasteiger partial charge in [0.2, 0.25) is 0 Å². The van der Waals surface area contributed by atoms with E-state index in [0.29, 0.717) is 37.3 Å². The summed E-state index contributed by atoms with van der Waals surface area (Å²) in [6, 6.07) is 27.1. The Hall–Kier alpha value is -2.30. The standard InChI is InChI=1S/C22H26Cl2N2O.C20H22Cl2N2O2.B7.B6/c1-26(2,19-6-4-3-5-7-19)15-16-8-11-18(12-9-16)25-22(27)17-10-13-20(23)21(24)14-17;1-24(17-8-10-26-11-9-17)13-14-2-5-16(6-3-14)23-20(25)15-4-7-18(21)19(22)12-15;1-5-7(4)6(2)3;1-5(2)6(3)4/h8-14,19H,3-7,15H2,1-2H3;2-7,12,17H,8-11,13H2,1H3,(H,23,25);;/p+1. The number of carbonyl (C=O) groups excluding carboxylic acids is 2. The lowest BCUT2D eigenvalue weighted by molar-refractivity contribution is -0.929. The molecule has 1 heterocycles. The van der Waals surface area contributed by atoms with E-state index in [9.17, 15) is 9.59 Å². The fourth-order valence-electron chi connectivity index (χ4n) is 7.12. The van der Waals surface area contributed by atoms with Crippen molar-refractivity contribution >= 4 is 164 Å². The zero-order valence-corrected chi connectivity index (χ0v) is 41.2. The van der Waals surface area contributed by atoms with Crippen molar-refractivity contribution in [2.45, 2.75) is 70.1 Å². The number of quaternary nitrogens is 1. The summed E-state index contributed by atoms with van der Waals surface area (Å²) in [5.41, 5.74) is 4.99. The van der Waals surface area contributed by atoms with Gasteiger partial charge in [0.15, 0.2) is 0 Å². The van der Waals surface area contributed by atoms with Gasteiger partial charge in [-0.1, -0.05) is 77.1 Å². The maximum absolute atomic E-state index is 12.4. The van der Waals surface area contributed by atoms with Crippen molar-refractivity contribution in [2.24, 2.45) is 0 Å². The lowest BCUT2D eigenvalue weighted by Crippen LogP contribution is -2.48. The number of hydrogen-bond donors (Lipinski definition) is 2. The Bertz CT molecular complexity index is 2080. The predicted octanol–water partition coefficient (Wildman–Crippen LogP) is 6.06. The van der Waals surface area contributed by atoms with Crippen molar-refractivity contribution < 1.29 is 18.8 Å². The van der Waals surface area contributed by atoms with Crippen LogP contribution in [0.4, 0.5) is 11.4 Å². The molecule has 2 aliphatic rings. The molecule has 0 unspecified atom stereocenters. The third kappa shape index (κ3) is 20.7. The minimum Gasteiger partial charge on any atom is -0.381 e. The lowest BCUT2D eigenvalue weighted by atomic mass is 8.76. The van der Waals surface area contributed by atoms with E-state index in [1.807, 2.05) is 36.4 Å². The van der Waals surface area contributed by atoms with Crippen LogP contribution in [-0.2, 0) is 17.8 Å². The summed E-state index contributed by atoms with van der Waals surface area (Å²) in [5.74, 6) is -0.407. The van der Waals surface area contributed by atoms with Crippen molar-refractivity contribution in [2.75, 3.05) is 45.0 Å². The highest BCUT2D eigenvalue weighted by molar-refractivity contribution is 7.81. The van der Waals surface area contributed by atoms with E-state index in [1.54, 1.807) is 36.4 Å². The Morgan fingerprint density at radius 2 is 1.09 bits per heavy atom. The highest BCUT2D eigenvalue weighted by atomic mass is 35.5. The predicted molar refractivity (Wildman–Crippen MR) is 295 cm³/mol. The number of benzene rings is 4. The molecule has 4 aromatic rings. The minimum absolute atomic E-state index is 0.195. The number of nitrogens with zero attached hydrogens (tertiary/aromatic N) is 2. The normalized spacial score (nSPS) is 13.8. The molecule has 7 nitrogen and oxygen atoms in total. The average molecular weight is 940 g/mol. The molecular weight excluding hydrogens is 891 g/mol. The number of nitrogens with one attached hydrogen (secondary N) is 2. The molecule has 0 bridgehead atoms. The van der Waals surface area contributed by atoms with Crippen LogP contribution in [0.15, 0.2) is 84.9 Å². The number of halogens is 4. The molecule has 17 radical (unpaired) electrons. The van der Waals surface area contributed by atoms with E-state index >= 15 is 0 Å². The number of anilines is 2. The average Bonchev–Trinajstić information content (AvgIpc) is 3.30. The van der Waals surface area contributed by atoms with Crippen molar-refractivity contribution in [3.8, 4) is 0 Å². The summed E-state index contributed by atoms with van der Waals surface area (Å²) in [6.45, 7) is 3.57. The first-order valence-corrected chi connectivity index (χ1v) is 23.4. The topological polar surface area (TPSA) is 70.7 Å². The van der Waals surface area contributed by atoms with Crippen LogP contribution in [0, 0.1) is 0 Å². The summed E-state index contributed by atoms with van der Waals surface area (Å²) in [7, 11) is 48.3. The van der Waals surface area contributed by atoms with Crippen LogP contribution in [0.2, 0.25) is 20.1 Å². The van der Waals surface area contributed by atoms with Gasteiger partial charge < -0.3 is 19.9 Å². The molecule has 2 amide bonds. The van der Waals surface area contributed by atoms with Gasteiger partial charge in [-0.2, -0.15) is 0 Å². The fraction of sp³-hybridized carbons (Fsp3) is 0.381. The van der Waals surface area contributed by atoms with Crippen LogP contribution in [0.1, 0.15) is 76.8 Å². The van der Waals surface area contributed by atoms with Gasteiger partial charge in [0.25, 0.3) is 11.8 Å². The molecule has 1 saturated carbocycles. The highest BCUT2D eigenvalue weighted by Gasteiger charge is 2.30. The Morgan fingerprint density at radius 3 is 1.47 bits per heavy atom. The molecule has 66 heavy (non-hydrogen) atoms. The zero-order chi connectivity index (χ0) is 49.0. The van der Waals surface area contributed by atoms with Gasteiger partial charge in [0.05, 0.1) is 40.2 Å². The third-order valence-electron chi connectivity index (χ3n) is 11.3. The van der Waals surface area contributed by atoms with E-state index in [1.165, 1.54) is 50.3 Å². The first kappa shape index (κ1) is 58.0. The number of rotatable bonds is 13. The van der Waals surface area contributed by atoms with E-state index in [4.69, 9.17) is 113 Å². The molecule has 24 heteroatoms. The van der Waals surface area contributed by atoms with Crippen LogP contribution >= 0.6 is 46.4 Å². The second kappa shape index (κ2) is 29.7. The second-order valence-corrected chi connectivity index (χ2v) is 18.7. The van der Waals surface area contributed by atoms with Gasteiger partial charge in [0, 0.05) is 148 Å². The van der Waals surface area contributed by atoms with Crippen LogP contribution in [0.5, 0.6) is 0 Å². The highest BCUT2D eigenvalue weighted by Crippen LogP contribution is 2.29. The van der Waals surface area contributed by atoms with Gasteiger partial charge in [-0.3, -0.25) is 14.5 Å².